The van der Waals surface area contributed by atoms with E-state index in [0.29, 0.717) is 17.3 Å². The Morgan fingerprint density at radius 1 is 1.20 bits per heavy atom. The number of nitrogens with two attached hydrogens (primary N) is 1. The highest BCUT2D eigenvalue weighted by atomic mass is 16.6. The van der Waals surface area contributed by atoms with Crippen molar-refractivity contribution < 1.29 is 9.34 Å². The lowest BCUT2D eigenvalue weighted by Gasteiger charge is -2.02. The van der Waals surface area contributed by atoms with Gasteiger partial charge in [0.25, 0.3) is 0 Å². The van der Waals surface area contributed by atoms with E-state index in [1.165, 1.54) is 12.1 Å². The van der Waals surface area contributed by atoms with Crippen molar-refractivity contribution in [3.8, 4) is 17.1 Å². The maximum absolute atomic E-state index is 10.6. The van der Waals surface area contributed by atoms with E-state index in [-0.39, 0.29) is 5.88 Å². The van der Waals surface area contributed by atoms with Gasteiger partial charge in [-0.15, -0.1) is 0 Å². The Hall–Kier alpha value is -3.09. The molecule has 7 heteroatoms. The molecule has 0 saturated carbocycles. The Kier molecular flexibility index (Phi) is 2.72. The summed E-state index contributed by atoms with van der Waals surface area (Å²) < 4.78 is 6.65. The molecule has 100 valence electrons. The summed E-state index contributed by atoms with van der Waals surface area (Å²) in [4.78, 5) is 10.0. The summed E-state index contributed by atoms with van der Waals surface area (Å²) >= 11 is 0. The number of para-hydroxylation sites is 1. The third-order valence-electron chi connectivity index (χ3n) is 2.76. The van der Waals surface area contributed by atoms with E-state index in [4.69, 9.17) is 10.2 Å². The molecule has 0 amide bonds. The molecule has 0 saturated heterocycles. The number of nitrogen functional groups attached to an aromatic ring is 1. The molecule has 0 radical (unpaired) electrons. The number of anilines is 1. The fourth-order valence-electron chi connectivity index (χ4n) is 1.86. The lowest BCUT2D eigenvalue weighted by atomic mass is 10.3. The first kappa shape index (κ1) is 12.0. The number of aromatic nitrogens is 2. The molecule has 0 aliphatic rings. The highest BCUT2D eigenvalue weighted by Crippen LogP contribution is 2.27. The summed E-state index contributed by atoms with van der Waals surface area (Å²) in [5.41, 5.74) is 7.15. The SMILES string of the molecule is Nc1cc(-c2ccc([N+](=O)[O-])o2)nn1-c1ccccc1. The number of nitro groups is 1. The van der Waals surface area contributed by atoms with Gasteiger partial charge in [0.15, 0.2) is 5.76 Å². The summed E-state index contributed by atoms with van der Waals surface area (Å²) in [6, 6.07) is 13.7. The van der Waals surface area contributed by atoms with E-state index >= 15 is 0 Å². The Balaban J connectivity index is 2.02. The lowest BCUT2D eigenvalue weighted by Crippen LogP contribution is -2.00. The number of hydrogen-bond acceptors (Lipinski definition) is 5. The molecule has 0 aliphatic heterocycles. The van der Waals surface area contributed by atoms with Crippen LogP contribution in [0.2, 0.25) is 0 Å². The highest BCUT2D eigenvalue weighted by Gasteiger charge is 2.16. The minimum Gasteiger partial charge on any atom is -0.399 e. The summed E-state index contributed by atoms with van der Waals surface area (Å²) in [7, 11) is 0. The normalized spacial score (nSPS) is 10.6. The van der Waals surface area contributed by atoms with E-state index in [2.05, 4.69) is 5.10 Å². The van der Waals surface area contributed by atoms with Crippen molar-refractivity contribution >= 4 is 11.7 Å². The van der Waals surface area contributed by atoms with Gasteiger partial charge in [0.2, 0.25) is 0 Å². The molecule has 3 rings (SSSR count). The van der Waals surface area contributed by atoms with Crippen molar-refractivity contribution in [2.24, 2.45) is 0 Å². The predicted octanol–water partition coefficient (Wildman–Crippen LogP) is 2.62. The molecule has 0 aliphatic carbocycles. The first-order valence-electron chi connectivity index (χ1n) is 5.81. The van der Waals surface area contributed by atoms with Crippen LogP contribution in [-0.4, -0.2) is 14.7 Å². The van der Waals surface area contributed by atoms with Crippen molar-refractivity contribution in [3.63, 3.8) is 0 Å². The second-order valence-electron chi connectivity index (χ2n) is 4.10. The van der Waals surface area contributed by atoms with E-state index < -0.39 is 4.92 Å². The molecule has 1 aromatic carbocycles. The van der Waals surface area contributed by atoms with Crippen LogP contribution in [0.4, 0.5) is 11.7 Å². The van der Waals surface area contributed by atoms with Gasteiger partial charge < -0.3 is 10.2 Å². The molecule has 0 spiro atoms. The topological polar surface area (TPSA) is 100 Å². The zero-order valence-electron chi connectivity index (χ0n) is 10.3. The van der Waals surface area contributed by atoms with Crippen LogP contribution in [0.1, 0.15) is 0 Å². The summed E-state index contributed by atoms with van der Waals surface area (Å²) in [5, 5.41) is 14.9. The Labute approximate surface area is 113 Å². The van der Waals surface area contributed by atoms with Crippen LogP contribution in [-0.2, 0) is 0 Å². The van der Waals surface area contributed by atoms with E-state index in [1.54, 1.807) is 10.7 Å². The average Bonchev–Trinajstić information content (AvgIpc) is 3.06. The molecule has 2 N–H and O–H groups in total. The minimum absolute atomic E-state index is 0.304. The van der Waals surface area contributed by atoms with Crippen molar-refractivity contribution in [1.29, 1.82) is 0 Å². The molecule has 2 heterocycles. The highest BCUT2D eigenvalue weighted by molar-refractivity contribution is 5.59. The Bertz CT molecular complexity index is 761. The van der Waals surface area contributed by atoms with Gasteiger partial charge in [-0.2, -0.15) is 5.10 Å². The van der Waals surface area contributed by atoms with Crippen LogP contribution in [0.5, 0.6) is 0 Å². The minimum atomic E-state index is -0.596. The molecule has 0 bridgehead atoms. The Morgan fingerprint density at radius 2 is 1.95 bits per heavy atom. The number of benzene rings is 1. The second-order valence-corrected chi connectivity index (χ2v) is 4.10. The fourth-order valence-corrected chi connectivity index (χ4v) is 1.86. The first-order valence-corrected chi connectivity index (χ1v) is 5.81. The monoisotopic (exact) mass is 270 g/mol. The van der Waals surface area contributed by atoms with Gasteiger partial charge in [-0.05, 0) is 18.2 Å². The zero-order valence-corrected chi connectivity index (χ0v) is 10.3. The van der Waals surface area contributed by atoms with E-state index in [1.807, 2.05) is 30.3 Å². The number of nitrogens with zero attached hydrogens (tertiary/aromatic N) is 3. The van der Waals surface area contributed by atoms with Crippen LogP contribution < -0.4 is 5.73 Å². The molecule has 0 fully saturated rings. The van der Waals surface area contributed by atoms with Crippen LogP contribution in [0.3, 0.4) is 0 Å². The van der Waals surface area contributed by atoms with Gasteiger partial charge in [0.1, 0.15) is 16.4 Å². The van der Waals surface area contributed by atoms with Gasteiger partial charge in [-0.3, -0.25) is 10.1 Å². The third-order valence-corrected chi connectivity index (χ3v) is 2.76. The van der Waals surface area contributed by atoms with E-state index in [9.17, 15) is 10.1 Å². The van der Waals surface area contributed by atoms with Crippen molar-refractivity contribution in [3.05, 3.63) is 58.6 Å². The van der Waals surface area contributed by atoms with Crippen LogP contribution >= 0.6 is 0 Å². The maximum atomic E-state index is 10.6. The lowest BCUT2D eigenvalue weighted by molar-refractivity contribution is -0.401. The van der Waals surface area contributed by atoms with Crippen molar-refractivity contribution in [2.75, 3.05) is 5.73 Å². The van der Waals surface area contributed by atoms with Crippen LogP contribution in [0.25, 0.3) is 17.1 Å². The fraction of sp³-hybridized carbons (Fsp3) is 0. The first-order chi connectivity index (χ1) is 9.65. The molecule has 7 nitrogen and oxygen atoms in total. The van der Waals surface area contributed by atoms with E-state index in [0.717, 1.165) is 5.69 Å². The molecule has 0 unspecified atom stereocenters. The third kappa shape index (κ3) is 2.01. The van der Waals surface area contributed by atoms with Gasteiger partial charge in [-0.25, -0.2) is 4.68 Å². The van der Waals surface area contributed by atoms with Crippen molar-refractivity contribution in [2.45, 2.75) is 0 Å². The number of rotatable bonds is 3. The Morgan fingerprint density at radius 3 is 2.60 bits per heavy atom. The number of hydrogen-bond donors (Lipinski definition) is 1. The second kappa shape index (κ2) is 4.54. The molecule has 2 aromatic heterocycles. The molecular formula is C13H10N4O3. The van der Waals surface area contributed by atoms with Gasteiger partial charge in [0.05, 0.1) is 11.8 Å². The average molecular weight is 270 g/mol. The van der Waals surface area contributed by atoms with Gasteiger partial charge >= 0.3 is 5.88 Å². The van der Waals surface area contributed by atoms with Crippen molar-refractivity contribution in [1.82, 2.24) is 9.78 Å². The summed E-state index contributed by atoms with van der Waals surface area (Å²) in [5.74, 6) is 0.399. The molecule has 20 heavy (non-hydrogen) atoms. The molecule has 3 aromatic rings. The van der Waals surface area contributed by atoms with Gasteiger partial charge in [-0.1, -0.05) is 18.2 Å². The van der Waals surface area contributed by atoms with Gasteiger partial charge in [0, 0.05) is 6.07 Å². The number of furan rings is 1. The zero-order chi connectivity index (χ0) is 14.1. The summed E-state index contributed by atoms with van der Waals surface area (Å²) in [6.07, 6.45) is 0. The smallest absolute Gasteiger partial charge is 0.399 e. The standard InChI is InChI=1S/C13H10N4O3/c14-12-8-10(11-6-7-13(20-11)17(18)19)15-16(12)9-4-2-1-3-5-9/h1-8H,14H2. The van der Waals surface area contributed by atoms with Crippen LogP contribution in [0, 0.1) is 10.1 Å². The predicted molar refractivity (Wildman–Crippen MR) is 72.3 cm³/mol. The molecular weight excluding hydrogens is 260 g/mol. The molecule has 0 atom stereocenters. The van der Waals surface area contributed by atoms with Crippen LogP contribution in [0.15, 0.2) is 52.9 Å². The quantitative estimate of drug-likeness (QED) is 0.582. The largest absolute Gasteiger partial charge is 0.433 e. The summed E-state index contributed by atoms with van der Waals surface area (Å²) in [6.45, 7) is 0. The maximum Gasteiger partial charge on any atom is 0.433 e.